The Labute approximate surface area is 158 Å². The fraction of sp³-hybridized carbons (Fsp3) is 0.286. The van der Waals surface area contributed by atoms with E-state index in [1.54, 1.807) is 18.2 Å². The number of hydrogen-bond acceptors (Lipinski definition) is 4. The Morgan fingerprint density at radius 1 is 1.19 bits per heavy atom. The van der Waals surface area contributed by atoms with Crippen LogP contribution in [0.4, 0.5) is 5.69 Å². The number of carbonyl (C=O) groups excluding carboxylic acids is 1. The average Bonchev–Trinajstić information content (AvgIpc) is 2.69. The molecule has 0 aliphatic carbocycles. The van der Waals surface area contributed by atoms with E-state index in [1.165, 1.54) is 29.3 Å². The summed E-state index contributed by atoms with van der Waals surface area (Å²) in [6, 6.07) is 14.7. The lowest BCUT2D eigenvalue weighted by Crippen LogP contribution is -2.33. The molecule has 0 radical (unpaired) electrons. The second-order valence-electron chi connectivity index (χ2n) is 6.62. The van der Waals surface area contributed by atoms with Crippen molar-refractivity contribution < 1.29 is 9.72 Å². The SMILES string of the molecule is O=C(C=Cc1cccc([N+](=O)[O-])c1)NCCCN1CCc2ccccc2C1. The molecule has 0 unspecified atom stereocenters. The maximum Gasteiger partial charge on any atom is 0.270 e. The standard InChI is InChI=1S/C21H23N3O3/c25-21(10-9-17-5-3-8-20(15-17)24(26)27)22-12-4-13-23-14-11-18-6-1-2-7-19(18)16-23/h1-3,5-10,15H,4,11-14,16H2,(H,22,25). The maximum absolute atomic E-state index is 11.9. The van der Waals surface area contributed by atoms with Crippen molar-refractivity contribution in [3.8, 4) is 0 Å². The van der Waals surface area contributed by atoms with E-state index in [0.717, 1.165) is 32.5 Å². The van der Waals surface area contributed by atoms with Gasteiger partial charge >= 0.3 is 0 Å². The van der Waals surface area contributed by atoms with E-state index in [1.807, 2.05) is 0 Å². The molecule has 0 saturated heterocycles. The molecule has 2 aromatic rings. The smallest absolute Gasteiger partial charge is 0.270 e. The molecular weight excluding hydrogens is 342 g/mol. The fourth-order valence-electron chi connectivity index (χ4n) is 3.23. The number of nitrogens with zero attached hydrogens (tertiary/aromatic N) is 2. The third-order valence-corrected chi connectivity index (χ3v) is 4.67. The molecule has 2 aromatic carbocycles. The monoisotopic (exact) mass is 365 g/mol. The summed E-state index contributed by atoms with van der Waals surface area (Å²) in [5.41, 5.74) is 3.48. The van der Waals surface area contributed by atoms with E-state index < -0.39 is 4.92 Å². The Bertz CT molecular complexity index is 848. The second kappa shape index (κ2) is 9.09. The fourth-order valence-corrected chi connectivity index (χ4v) is 3.23. The highest BCUT2D eigenvalue weighted by Gasteiger charge is 2.14. The number of fused-ring (bicyclic) bond motifs is 1. The van der Waals surface area contributed by atoms with Gasteiger partial charge in [-0.1, -0.05) is 36.4 Å². The van der Waals surface area contributed by atoms with Crippen molar-refractivity contribution in [1.29, 1.82) is 0 Å². The first-order valence-corrected chi connectivity index (χ1v) is 9.11. The molecule has 0 atom stereocenters. The molecular formula is C21H23N3O3. The van der Waals surface area contributed by atoms with Crippen molar-refractivity contribution in [3.05, 3.63) is 81.4 Å². The number of non-ortho nitro benzene ring substituents is 1. The molecule has 0 aromatic heterocycles. The Morgan fingerprint density at radius 2 is 2.00 bits per heavy atom. The number of carbonyl (C=O) groups is 1. The van der Waals surface area contributed by atoms with E-state index in [0.29, 0.717) is 12.1 Å². The first-order chi connectivity index (χ1) is 13.1. The number of nitro benzene ring substituents is 1. The van der Waals surface area contributed by atoms with Crippen LogP contribution in [-0.4, -0.2) is 35.4 Å². The number of nitrogens with one attached hydrogen (secondary N) is 1. The van der Waals surface area contributed by atoms with Crippen LogP contribution in [0.25, 0.3) is 6.08 Å². The van der Waals surface area contributed by atoms with E-state index >= 15 is 0 Å². The van der Waals surface area contributed by atoms with Gasteiger partial charge < -0.3 is 5.32 Å². The minimum absolute atomic E-state index is 0.0145. The van der Waals surface area contributed by atoms with Gasteiger partial charge in [0.15, 0.2) is 0 Å². The van der Waals surface area contributed by atoms with Crippen molar-refractivity contribution >= 4 is 17.7 Å². The highest BCUT2D eigenvalue weighted by Crippen LogP contribution is 2.18. The molecule has 1 amide bonds. The summed E-state index contributed by atoms with van der Waals surface area (Å²) >= 11 is 0. The minimum Gasteiger partial charge on any atom is -0.353 e. The third-order valence-electron chi connectivity index (χ3n) is 4.67. The Morgan fingerprint density at radius 3 is 2.81 bits per heavy atom. The molecule has 3 rings (SSSR count). The predicted molar refractivity (Wildman–Crippen MR) is 105 cm³/mol. The van der Waals surface area contributed by atoms with Gasteiger partial charge in [-0.05, 0) is 35.6 Å². The summed E-state index contributed by atoms with van der Waals surface area (Å²) in [6.45, 7) is 3.58. The molecule has 6 heteroatoms. The zero-order valence-corrected chi connectivity index (χ0v) is 15.1. The zero-order valence-electron chi connectivity index (χ0n) is 15.1. The average molecular weight is 365 g/mol. The van der Waals surface area contributed by atoms with Gasteiger partial charge in [0.1, 0.15) is 0 Å². The van der Waals surface area contributed by atoms with Gasteiger partial charge in [0.25, 0.3) is 5.69 Å². The number of hydrogen-bond donors (Lipinski definition) is 1. The van der Waals surface area contributed by atoms with Crippen LogP contribution < -0.4 is 5.32 Å². The number of benzene rings is 2. The van der Waals surface area contributed by atoms with Gasteiger partial charge in [-0.3, -0.25) is 19.8 Å². The number of nitro groups is 1. The molecule has 0 saturated carbocycles. The van der Waals surface area contributed by atoms with Crippen LogP contribution in [-0.2, 0) is 17.8 Å². The van der Waals surface area contributed by atoms with Gasteiger partial charge in [-0.2, -0.15) is 0 Å². The predicted octanol–water partition coefficient (Wildman–Crippen LogP) is 3.17. The molecule has 1 heterocycles. The minimum atomic E-state index is -0.448. The lowest BCUT2D eigenvalue weighted by Gasteiger charge is -2.28. The summed E-state index contributed by atoms with van der Waals surface area (Å²) in [7, 11) is 0. The summed E-state index contributed by atoms with van der Waals surface area (Å²) in [5, 5.41) is 13.6. The molecule has 1 N–H and O–H groups in total. The summed E-state index contributed by atoms with van der Waals surface area (Å²) < 4.78 is 0. The van der Waals surface area contributed by atoms with Crippen molar-refractivity contribution in [3.63, 3.8) is 0 Å². The first kappa shape index (κ1) is 18.8. The van der Waals surface area contributed by atoms with Gasteiger partial charge in [0, 0.05) is 44.4 Å². The Hall–Kier alpha value is -2.99. The Balaban J connectivity index is 1.39. The van der Waals surface area contributed by atoms with E-state index in [-0.39, 0.29) is 11.6 Å². The van der Waals surface area contributed by atoms with Crippen molar-refractivity contribution in [1.82, 2.24) is 10.2 Å². The molecule has 27 heavy (non-hydrogen) atoms. The van der Waals surface area contributed by atoms with Crippen LogP contribution in [0.2, 0.25) is 0 Å². The number of rotatable bonds is 7. The molecule has 1 aliphatic rings. The van der Waals surface area contributed by atoms with Crippen LogP contribution >= 0.6 is 0 Å². The molecule has 0 bridgehead atoms. The summed E-state index contributed by atoms with van der Waals surface area (Å²) in [4.78, 5) is 24.6. The van der Waals surface area contributed by atoms with Crippen LogP contribution in [0, 0.1) is 10.1 Å². The van der Waals surface area contributed by atoms with E-state index in [9.17, 15) is 14.9 Å². The topological polar surface area (TPSA) is 75.5 Å². The quantitative estimate of drug-likeness (QED) is 0.354. The maximum atomic E-state index is 11.9. The first-order valence-electron chi connectivity index (χ1n) is 9.11. The van der Waals surface area contributed by atoms with Gasteiger partial charge in [0.05, 0.1) is 4.92 Å². The van der Waals surface area contributed by atoms with Crippen molar-refractivity contribution in [2.45, 2.75) is 19.4 Å². The molecule has 6 nitrogen and oxygen atoms in total. The zero-order chi connectivity index (χ0) is 19.1. The highest BCUT2D eigenvalue weighted by molar-refractivity contribution is 5.91. The summed E-state index contributed by atoms with van der Waals surface area (Å²) in [6.07, 6.45) is 4.97. The molecule has 140 valence electrons. The van der Waals surface area contributed by atoms with Gasteiger partial charge in [-0.25, -0.2) is 0 Å². The lowest BCUT2D eigenvalue weighted by molar-refractivity contribution is -0.384. The van der Waals surface area contributed by atoms with Crippen molar-refractivity contribution in [2.24, 2.45) is 0 Å². The van der Waals surface area contributed by atoms with Crippen molar-refractivity contribution in [2.75, 3.05) is 19.6 Å². The normalized spacial score (nSPS) is 14.1. The molecule has 1 aliphatic heterocycles. The Kier molecular flexibility index (Phi) is 6.33. The van der Waals surface area contributed by atoms with Crippen LogP contribution in [0.5, 0.6) is 0 Å². The molecule has 0 spiro atoms. The van der Waals surface area contributed by atoms with Gasteiger partial charge in [-0.15, -0.1) is 0 Å². The lowest BCUT2D eigenvalue weighted by atomic mass is 10.00. The molecule has 0 fully saturated rings. The van der Waals surface area contributed by atoms with Crippen LogP contribution in [0.3, 0.4) is 0 Å². The third kappa shape index (κ3) is 5.49. The van der Waals surface area contributed by atoms with Gasteiger partial charge in [0.2, 0.25) is 5.91 Å². The number of amides is 1. The highest BCUT2D eigenvalue weighted by atomic mass is 16.6. The van der Waals surface area contributed by atoms with E-state index in [2.05, 4.69) is 34.5 Å². The van der Waals surface area contributed by atoms with Crippen LogP contribution in [0.15, 0.2) is 54.6 Å². The van der Waals surface area contributed by atoms with E-state index in [4.69, 9.17) is 0 Å². The largest absolute Gasteiger partial charge is 0.353 e. The summed E-state index contributed by atoms with van der Waals surface area (Å²) in [5.74, 6) is -0.189. The second-order valence-corrected chi connectivity index (χ2v) is 6.62. The van der Waals surface area contributed by atoms with Crippen LogP contribution in [0.1, 0.15) is 23.1 Å².